The van der Waals surface area contributed by atoms with E-state index in [0.717, 1.165) is 16.2 Å². The number of rotatable bonds is 4. The Morgan fingerprint density at radius 3 is 1.67 bits per heavy atom. The Kier molecular flexibility index (Phi) is 5.59. The quantitative estimate of drug-likeness (QED) is 0.502. The van der Waals surface area contributed by atoms with Gasteiger partial charge in [0.25, 0.3) is 0 Å². The van der Waals surface area contributed by atoms with E-state index in [-0.39, 0.29) is 0 Å². The molecule has 0 amide bonds. The lowest BCUT2D eigenvalue weighted by Gasteiger charge is -2.17. The standard InChI is InChI=1S/C21H17OPS/c22-23(20-12-6-2-7-13-20,21-14-8-3-9-15-21)18-24-17-16-19-10-4-1-5-11-19/h1-15H,18H2. The first-order chi connectivity index (χ1) is 11.8. The molecule has 0 atom stereocenters. The fourth-order valence-electron chi connectivity index (χ4n) is 2.38. The monoisotopic (exact) mass is 348 g/mol. The Morgan fingerprint density at radius 1 is 0.708 bits per heavy atom. The zero-order valence-corrected chi connectivity index (χ0v) is 14.8. The summed E-state index contributed by atoms with van der Waals surface area (Å²) >= 11 is 1.42. The molecule has 0 saturated heterocycles. The molecule has 3 aromatic rings. The average molecular weight is 348 g/mol. The lowest BCUT2D eigenvalue weighted by atomic mass is 10.2. The maximum Gasteiger partial charge on any atom is 0.153 e. The minimum atomic E-state index is -2.68. The minimum Gasteiger partial charge on any atom is -0.313 e. The summed E-state index contributed by atoms with van der Waals surface area (Å²) in [6.45, 7) is 0. The zero-order chi connectivity index (χ0) is 16.7. The molecule has 0 fully saturated rings. The van der Waals surface area contributed by atoms with Gasteiger partial charge in [0.05, 0.1) is 5.49 Å². The minimum absolute atomic E-state index is 0.473. The van der Waals surface area contributed by atoms with E-state index in [1.807, 2.05) is 91.0 Å². The molecule has 3 rings (SSSR count). The summed E-state index contributed by atoms with van der Waals surface area (Å²) in [6, 6.07) is 29.3. The number of hydrogen-bond acceptors (Lipinski definition) is 2. The van der Waals surface area contributed by atoms with Gasteiger partial charge in [0.1, 0.15) is 0 Å². The average Bonchev–Trinajstić information content (AvgIpc) is 2.67. The van der Waals surface area contributed by atoms with Crippen LogP contribution in [0.25, 0.3) is 0 Å². The third-order valence-corrected chi connectivity index (χ3v) is 8.12. The third kappa shape index (κ3) is 4.01. The third-order valence-electron chi connectivity index (χ3n) is 3.63. The molecule has 0 unspecified atom stereocenters. The molecule has 0 saturated carbocycles. The second kappa shape index (κ2) is 8.06. The molecule has 118 valence electrons. The number of thioether (sulfide) groups is 1. The van der Waals surface area contributed by atoms with Gasteiger partial charge in [-0.05, 0) is 17.4 Å². The summed E-state index contributed by atoms with van der Waals surface area (Å²) < 4.78 is 13.7. The van der Waals surface area contributed by atoms with Crippen molar-refractivity contribution >= 4 is 29.5 Å². The van der Waals surface area contributed by atoms with Crippen LogP contribution in [0.1, 0.15) is 5.56 Å². The van der Waals surface area contributed by atoms with E-state index in [4.69, 9.17) is 0 Å². The molecule has 1 nitrogen and oxygen atoms in total. The SMILES string of the molecule is O=P(CSC#Cc1ccccc1)(c1ccccc1)c1ccccc1. The van der Waals surface area contributed by atoms with Crippen LogP contribution in [0.3, 0.4) is 0 Å². The van der Waals surface area contributed by atoms with Gasteiger partial charge in [-0.25, -0.2) is 0 Å². The van der Waals surface area contributed by atoms with Gasteiger partial charge in [-0.15, -0.1) is 0 Å². The smallest absolute Gasteiger partial charge is 0.153 e. The van der Waals surface area contributed by atoms with E-state index >= 15 is 0 Å². The highest BCUT2D eigenvalue weighted by Gasteiger charge is 2.26. The Hall–Kier alpha value is -2.20. The Bertz CT molecular complexity index is 837. The van der Waals surface area contributed by atoms with Crippen LogP contribution in [-0.2, 0) is 4.57 Å². The van der Waals surface area contributed by atoms with Crippen molar-refractivity contribution in [3.63, 3.8) is 0 Å². The lowest BCUT2D eigenvalue weighted by molar-refractivity contribution is 0.590. The van der Waals surface area contributed by atoms with Crippen LogP contribution in [0.5, 0.6) is 0 Å². The Morgan fingerprint density at radius 2 is 1.17 bits per heavy atom. The van der Waals surface area contributed by atoms with Crippen molar-refractivity contribution < 1.29 is 4.57 Å². The first-order valence-corrected chi connectivity index (χ1v) is 10.5. The summed E-state index contributed by atoms with van der Waals surface area (Å²) in [6.07, 6.45) is 0. The molecule has 0 heterocycles. The second-order valence-electron chi connectivity index (χ2n) is 5.28. The van der Waals surface area contributed by atoms with E-state index in [0.29, 0.717) is 5.49 Å². The van der Waals surface area contributed by atoms with Gasteiger partial charge in [0.15, 0.2) is 7.14 Å². The van der Waals surface area contributed by atoms with Crippen LogP contribution in [0.4, 0.5) is 0 Å². The fourth-order valence-corrected chi connectivity index (χ4v) is 6.35. The van der Waals surface area contributed by atoms with Crippen LogP contribution in [0.15, 0.2) is 91.0 Å². The van der Waals surface area contributed by atoms with Crippen molar-refractivity contribution in [1.29, 1.82) is 0 Å². The van der Waals surface area contributed by atoms with Gasteiger partial charge in [-0.1, -0.05) is 96.5 Å². The first kappa shape index (κ1) is 16.7. The molecular formula is C21H17OPS. The van der Waals surface area contributed by atoms with Crippen LogP contribution in [-0.4, -0.2) is 5.49 Å². The van der Waals surface area contributed by atoms with Crippen molar-refractivity contribution in [2.75, 3.05) is 5.49 Å². The maximum absolute atomic E-state index is 13.7. The Labute approximate surface area is 147 Å². The molecule has 3 heteroatoms. The van der Waals surface area contributed by atoms with Crippen LogP contribution < -0.4 is 10.6 Å². The largest absolute Gasteiger partial charge is 0.313 e. The Balaban J connectivity index is 1.85. The van der Waals surface area contributed by atoms with Gasteiger partial charge >= 0.3 is 0 Å². The molecule has 0 aliphatic rings. The zero-order valence-electron chi connectivity index (χ0n) is 13.1. The van der Waals surface area contributed by atoms with Crippen molar-refractivity contribution in [2.45, 2.75) is 0 Å². The van der Waals surface area contributed by atoms with Gasteiger partial charge < -0.3 is 4.57 Å². The summed E-state index contributed by atoms with van der Waals surface area (Å²) in [5.41, 5.74) is 1.44. The highest BCUT2D eigenvalue weighted by atomic mass is 32.2. The van der Waals surface area contributed by atoms with Gasteiger partial charge in [0.2, 0.25) is 0 Å². The molecule has 24 heavy (non-hydrogen) atoms. The molecule has 0 spiro atoms. The van der Waals surface area contributed by atoms with Crippen molar-refractivity contribution in [3.05, 3.63) is 96.6 Å². The molecule has 0 N–H and O–H groups in total. The normalized spacial score (nSPS) is 10.7. The first-order valence-electron chi connectivity index (χ1n) is 7.67. The predicted octanol–water partition coefficient (Wildman–Crippen LogP) is 4.70. The molecule has 0 bridgehead atoms. The molecule has 0 aliphatic carbocycles. The maximum atomic E-state index is 13.7. The van der Waals surface area contributed by atoms with Crippen molar-refractivity contribution in [2.24, 2.45) is 0 Å². The molecule has 3 aromatic carbocycles. The fraction of sp³-hybridized carbons (Fsp3) is 0.0476. The summed E-state index contributed by atoms with van der Waals surface area (Å²) in [5, 5.41) is 4.85. The summed E-state index contributed by atoms with van der Waals surface area (Å²) in [4.78, 5) is 0. The van der Waals surface area contributed by atoms with Gasteiger partial charge in [0, 0.05) is 16.2 Å². The predicted molar refractivity (Wildman–Crippen MR) is 106 cm³/mol. The molecule has 0 aromatic heterocycles. The summed E-state index contributed by atoms with van der Waals surface area (Å²) in [7, 11) is -2.68. The molecule has 0 radical (unpaired) electrons. The van der Waals surface area contributed by atoms with E-state index in [2.05, 4.69) is 11.2 Å². The van der Waals surface area contributed by atoms with Crippen molar-refractivity contribution in [3.8, 4) is 11.2 Å². The number of hydrogen-bond donors (Lipinski definition) is 0. The van der Waals surface area contributed by atoms with E-state index in [1.165, 1.54) is 11.8 Å². The van der Waals surface area contributed by atoms with E-state index in [1.54, 1.807) is 0 Å². The van der Waals surface area contributed by atoms with Crippen LogP contribution >= 0.6 is 18.9 Å². The van der Waals surface area contributed by atoms with E-state index in [9.17, 15) is 4.57 Å². The summed E-state index contributed by atoms with van der Waals surface area (Å²) in [5.74, 6) is 3.11. The molecule has 0 aliphatic heterocycles. The van der Waals surface area contributed by atoms with Crippen LogP contribution in [0, 0.1) is 11.2 Å². The molecular weight excluding hydrogens is 331 g/mol. The highest BCUT2D eigenvalue weighted by Crippen LogP contribution is 2.46. The second-order valence-corrected chi connectivity index (χ2v) is 9.32. The van der Waals surface area contributed by atoms with Gasteiger partial charge in [-0.3, -0.25) is 0 Å². The highest BCUT2D eigenvalue weighted by molar-refractivity contribution is 8.11. The lowest BCUT2D eigenvalue weighted by Crippen LogP contribution is -2.17. The van der Waals surface area contributed by atoms with Crippen LogP contribution in [0.2, 0.25) is 0 Å². The number of benzene rings is 3. The van der Waals surface area contributed by atoms with Crippen molar-refractivity contribution in [1.82, 2.24) is 0 Å². The van der Waals surface area contributed by atoms with E-state index < -0.39 is 7.14 Å². The van der Waals surface area contributed by atoms with Gasteiger partial charge in [-0.2, -0.15) is 0 Å². The topological polar surface area (TPSA) is 17.1 Å².